The Kier molecular flexibility index (Phi) is 4.10. The molecule has 0 aliphatic rings. The Hall–Kier alpha value is -2.01. The molecular weight excluding hydrogens is 322 g/mol. The number of hydrogen-bond donors (Lipinski definition) is 1. The minimum absolute atomic E-state index is 0.156. The second-order valence-corrected chi connectivity index (χ2v) is 6.84. The molecule has 3 aromatic heterocycles. The summed E-state index contributed by atoms with van der Waals surface area (Å²) in [5, 5.41) is 18.9. The summed E-state index contributed by atoms with van der Waals surface area (Å²) >= 11 is 4.51. The van der Waals surface area contributed by atoms with Crippen LogP contribution in [-0.2, 0) is 11.2 Å². The molecule has 3 aromatic rings. The predicted molar refractivity (Wildman–Crippen MR) is 86.8 cm³/mol. The number of amides is 1. The van der Waals surface area contributed by atoms with Gasteiger partial charge in [-0.15, -0.1) is 34.0 Å². The van der Waals surface area contributed by atoms with Crippen molar-refractivity contribution in [2.45, 2.75) is 6.42 Å². The lowest BCUT2D eigenvalue weighted by Crippen LogP contribution is -2.14. The molecule has 0 aliphatic carbocycles. The van der Waals surface area contributed by atoms with Gasteiger partial charge < -0.3 is 5.32 Å². The Labute approximate surface area is 133 Å². The van der Waals surface area contributed by atoms with Crippen LogP contribution in [0.2, 0.25) is 0 Å². The maximum Gasteiger partial charge on any atom is 0.231 e. The van der Waals surface area contributed by atoms with Gasteiger partial charge in [0.15, 0.2) is 0 Å². The van der Waals surface area contributed by atoms with Gasteiger partial charge in [-0.1, -0.05) is 6.07 Å². The van der Waals surface area contributed by atoms with Crippen LogP contribution in [0.1, 0.15) is 11.3 Å². The average molecular weight is 331 g/mol. The lowest BCUT2D eigenvalue weighted by molar-refractivity contribution is -0.115. The predicted octanol–water partition coefficient (Wildman–Crippen LogP) is 3.99. The number of carbonyl (C=O) groups is 1. The lowest BCUT2D eigenvalue weighted by Gasteiger charge is -2.01. The number of aromatic nitrogens is 1. The van der Waals surface area contributed by atoms with Crippen molar-refractivity contribution in [1.82, 2.24) is 4.98 Å². The first kappa shape index (κ1) is 13.9. The molecule has 0 unspecified atom stereocenters. The van der Waals surface area contributed by atoms with Crippen molar-refractivity contribution in [1.29, 1.82) is 5.26 Å². The number of anilines is 1. The summed E-state index contributed by atoms with van der Waals surface area (Å²) < 4.78 is 0. The van der Waals surface area contributed by atoms with Crippen LogP contribution in [0.3, 0.4) is 0 Å². The van der Waals surface area contributed by atoms with Crippen LogP contribution in [0.25, 0.3) is 9.88 Å². The van der Waals surface area contributed by atoms with Gasteiger partial charge in [0.2, 0.25) is 5.91 Å². The molecule has 0 aliphatic heterocycles. The van der Waals surface area contributed by atoms with Gasteiger partial charge in [0.05, 0.1) is 22.6 Å². The molecule has 3 rings (SSSR count). The molecule has 0 saturated heterocycles. The van der Waals surface area contributed by atoms with E-state index < -0.39 is 0 Å². The average Bonchev–Trinajstić information content (AvgIpc) is 3.19. The molecule has 0 aromatic carbocycles. The molecule has 1 N–H and O–H groups in total. The number of nitriles is 1. The molecule has 7 heteroatoms. The molecule has 0 spiro atoms. The number of thiazole rings is 1. The maximum absolute atomic E-state index is 12.0. The number of hydrogen-bond acceptors (Lipinski definition) is 6. The van der Waals surface area contributed by atoms with Crippen LogP contribution >= 0.6 is 34.0 Å². The summed E-state index contributed by atoms with van der Waals surface area (Å²) in [6, 6.07) is 7.74. The highest BCUT2D eigenvalue weighted by molar-refractivity contribution is 7.20. The Morgan fingerprint density at radius 3 is 2.95 bits per heavy atom. The lowest BCUT2D eigenvalue weighted by atomic mass is 10.3. The number of thiophene rings is 2. The smallest absolute Gasteiger partial charge is 0.231 e. The Bertz CT molecular complexity index is 796. The van der Waals surface area contributed by atoms with Gasteiger partial charge >= 0.3 is 0 Å². The van der Waals surface area contributed by atoms with Gasteiger partial charge in [-0.25, -0.2) is 4.98 Å². The van der Waals surface area contributed by atoms with E-state index in [4.69, 9.17) is 5.26 Å². The van der Waals surface area contributed by atoms with Crippen molar-refractivity contribution in [3.63, 3.8) is 0 Å². The molecule has 104 valence electrons. The first-order valence-electron chi connectivity index (χ1n) is 6.02. The van der Waals surface area contributed by atoms with E-state index in [-0.39, 0.29) is 12.3 Å². The van der Waals surface area contributed by atoms with Crippen LogP contribution in [0.15, 0.2) is 34.3 Å². The van der Waals surface area contributed by atoms with E-state index in [9.17, 15) is 4.79 Å². The molecule has 0 radical (unpaired) electrons. The minimum Gasteiger partial charge on any atom is -0.316 e. The molecule has 4 nitrogen and oxygen atoms in total. The van der Waals surface area contributed by atoms with Gasteiger partial charge in [0.25, 0.3) is 0 Å². The van der Waals surface area contributed by atoms with Crippen molar-refractivity contribution in [2.24, 2.45) is 0 Å². The third-order valence-electron chi connectivity index (χ3n) is 2.66. The monoisotopic (exact) mass is 331 g/mol. The Morgan fingerprint density at radius 2 is 2.19 bits per heavy atom. The minimum atomic E-state index is -0.156. The van der Waals surface area contributed by atoms with Crippen LogP contribution in [-0.4, -0.2) is 10.9 Å². The highest BCUT2D eigenvalue weighted by Gasteiger charge is 2.12. The second kappa shape index (κ2) is 6.18. The van der Waals surface area contributed by atoms with Crippen LogP contribution in [0.5, 0.6) is 0 Å². The molecule has 0 saturated carbocycles. The van der Waals surface area contributed by atoms with Crippen molar-refractivity contribution in [3.05, 3.63) is 45.6 Å². The van der Waals surface area contributed by atoms with E-state index in [2.05, 4.69) is 16.4 Å². The topological polar surface area (TPSA) is 65.8 Å². The first-order valence-corrected chi connectivity index (χ1v) is 8.66. The molecule has 0 atom stereocenters. The fraction of sp³-hybridized carbons (Fsp3) is 0.0714. The third kappa shape index (κ3) is 3.19. The van der Waals surface area contributed by atoms with Gasteiger partial charge in [-0.3, -0.25) is 4.79 Å². The number of nitrogens with one attached hydrogen (secondary N) is 1. The summed E-state index contributed by atoms with van der Waals surface area (Å²) in [5.41, 5.74) is 1.24. The van der Waals surface area contributed by atoms with E-state index in [0.717, 1.165) is 15.6 Å². The summed E-state index contributed by atoms with van der Waals surface area (Å²) in [4.78, 5) is 17.6. The fourth-order valence-electron chi connectivity index (χ4n) is 1.73. The van der Waals surface area contributed by atoms with Gasteiger partial charge in [0, 0.05) is 5.38 Å². The molecule has 0 fully saturated rings. The van der Waals surface area contributed by atoms with Crippen molar-refractivity contribution < 1.29 is 4.79 Å². The van der Waals surface area contributed by atoms with Gasteiger partial charge in [-0.2, -0.15) is 5.26 Å². The van der Waals surface area contributed by atoms with E-state index in [1.807, 2.05) is 22.9 Å². The standard InChI is InChI=1S/C14H9N3OS3/c15-7-9-3-5-20-13(9)17-12(18)6-10-8-21-14(16-10)11-2-1-4-19-11/h1-5,8H,6H2,(H,17,18). The highest BCUT2D eigenvalue weighted by Crippen LogP contribution is 2.28. The van der Waals surface area contributed by atoms with Crippen LogP contribution in [0.4, 0.5) is 5.00 Å². The summed E-state index contributed by atoms with van der Waals surface area (Å²) in [6.45, 7) is 0. The van der Waals surface area contributed by atoms with Crippen molar-refractivity contribution >= 4 is 44.9 Å². The number of carbonyl (C=O) groups excluding carboxylic acids is 1. The zero-order valence-corrected chi connectivity index (χ0v) is 13.1. The third-order valence-corrected chi connectivity index (χ3v) is 5.42. The summed E-state index contributed by atoms with van der Waals surface area (Å²) in [6.07, 6.45) is 0.213. The zero-order valence-electron chi connectivity index (χ0n) is 10.7. The first-order chi connectivity index (χ1) is 10.3. The van der Waals surface area contributed by atoms with Crippen LogP contribution in [0, 0.1) is 11.3 Å². The van der Waals surface area contributed by atoms with E-state index in [1.54, 1.807) is 22.8 Å². The molecule has 0 bridgehead atoms. The quantitative estimate of drug-likeness (QED) is 0.786. The zero-order chi connectivity index (χ0) is 14.7. The normalized spacial score (nSPS) is 10.2. The van der Waals surface area contributed by atoms with Gasteiger partial charge in [-0.05, 0) is 22.9 Å². The Morgan fingerprint density at radius 1 is 1.29 bits per heavy atom. The number of nitrogens with zero attached hydrogens (tertiary/aromatic N) is 2. The van der Waals surface area contributed by atoms with E-state index in [1.165, 1.54) is 22.7 Å². The fourth-order valence-corrected chi connectivity index (χ4v) is 4.12. The summed E-state index contributed by atoms with van der Waals surface area (Å²) in [7, 11) is 0. The van der Waals surface area contributed by atoms with Crippen LogP contribution < -0.4 is 5.32 Å². The maximum atomic E-state index is 12.0. The SMILES string of the molecule is N#Cc1ccsc1NC(=O)Cc1csc(-c2cccs2)n1. The molecular formula is C14H9N3OS3. The second-order valence-electron chi connectivity index (χ2n) is 4.12. The van der Waals surface area contributed by atoms with Crippen molar-refractivity contribution in [2.75, 3.05) is 5.32 Å². The Balaban J connectivity index is 1.67. The molecule has 3 heterocycles. The molecule has 21 heavy (non-hydrogen) atoms. The largest absolute Gasteiger partial charge is 0.316 e. The van der Waals surface area contributed by atoms with E-state index >= 15 is 0 Å². The van der Waals surface area contributed by atoms with Crippen molar-refractivity contribution in [3.8, 4) is 16.0 Å². The van der Waals surface area contributed by atoms with E-state index in [0.29, 0.717) is 10.6 Å². The highest BCUT2D eigenvalue weighted by atomic mass is 32.1. The number of rotatable bonds is 4. The summed E-state index contributed by atoms with van der Waals surface area (Å²) in [5.74, 6) is -0.156. The molecule has 1 amide bonds. The van der Waals surface area contributed by atoms with Gasteiger partial charge in [0.1, 0.15) is 16.1 Å².